The van der Waals surface area contributed by atoms with E-state index in [2.05, 4.69) is 193 Å². The number of benzene rings is 9. The second-order valence-corrected chi connectivity index (χ2v) is 15.2. The average Bonchev–Trinajstić information content (AvgIpc) is 3.82. The topological polar surface area (TPSA) is 16.4 Å². The molecule has 0 saturated carbocycles. The number of hydrogen-bond donors (Lipinski definition) is 0. The number of para-hydroxylation sites is 1. The fourth-order valence-electron chi connectivity index (χ4n) is 8.24. The van der Waals surface area contributed by atoms with E-state index in [1.54, 1.807) is 0 Å². The van der Waals surface area contributed by atoms with Gasteiger partial charge in [-0.25, -0.2) is 0 Å². The highest BCUT2D eigenvalue weighted by Gasteiger charge is 2.20. The highest BCUT2D eigenvalue weighted by atomic mass is 32.1. The number of furan rings is 1. The zero-order valence-electron chi connectivity index (χ0n) is 29.8. The van der Waals surface area contributed by atoms with Crippen LogP contribution in [-0.2, 0) is 0 Å². The van der Waals surface area contributed by atoms with Gasteiger partial charge < -0.3 is 9.32 Å². The molecular weight excluding hydrogens is 687 g/mol. The molecule has 0 fully saturated rings. The number of thiophene rings is 1. The van der Waals surface area contributed by atoms with Gasteiger partial charge in [0.05, 0.1) is 0 Å². The van der Waals surface area contributed by atoms with Crippen molar-refractivity contribution in [1.82, 2.24) is 0 Å². The number of anilines is 3. The molecule has 0 aliphatic heterocycles. The molecule has 2 nitrogen and oxygen atoms in total. The molecule has 0 atom stereocenters. The summed E-state index contributed by atoms with van der Waals surface area (Å²) in [5.41, 5.74) is 12.1. The zero-order valence-corrected chi connectivity index (χ0v) is 30.6. The maximum absolute atomic E-state index is 6.48. The van der Waals surface area contributed by atoms with Crippen LogP contribution in [0.2, 0.25) is 0 Å². The fourth-order valence-corrected chi connectivity index (χ4v) is 9.48. The number of fused-ring (bicyclic) bond motifs is 7. The summed E-state index contributed by atoms with van der Waals surface area (Å²) in [5, 5.41) is 7.28. The molecule has 2 heterocycles. The molecule has 0 spiro atoms. The minimum absolute atomic E-state index is 0.866. The Kier molecular flexibility index (Phi) is 7.39. The molecule has 55 heavy (non-hydrogen) atoms. The smallest absolute Gasteiger partial charge is 0.137 e. The van der Waals surface area contributed by atoms with Crippen molar-refractivity contribution in [2.45, 2.75) is 0 Å². The minimum Gasteiger partial charge on any atom is -0.456 e. The van der Waals surface area contributed by atoms with Gasteiger partial charge in [0.15, 0.2) is 0 Å². The van der Waals surface area contributed by atoms with E-state index in [4.69, 9.17) is 4.42 Å². The van der Waals surface area contributed by atoms with Gasteiger partial charge in [-0.2, -0.15) is 0 Å². The molecule has 0 saturated heterocycles. The lowest BCUT2D eigenvalue weighted by atomic mass is 9.93. The van der Waals surface area contributed by atoms with E-state index in [1.165, 1.54) is 58.8 Å². The van der Waals surface area contributed by atoms with Gasteiger partial charge in [-0.15, -0.1) is 11.3 Å². The van der Waals surface area contributed by atoms with Crippen LogP contribution in [-0.4, -0.2) is 0 Å². The molecule has 0 N–H and O–H groups in total. The van der Waals surface area contributed by atoms with Crippen molar-refractivity contribution in [1.29, 1.82) is 0 Å². The predicted molar refractivity (Wildman–Crippen MR) is 235 cm³/mol. The SMILES string of the molecule is c1ccc(-c2ccc(N(c3cc(-c4cccc5ccccc45)cc(-c4cccc5c4sc4ccccc45)c3)c3ccc4c(c3)oc3ccccc34)cc2)cc1. The van der Waals surface area contributed by atoms with Crippen LogP contribution in [0.25, 0.3) is 86.3 Å². The van der Waals surface area contributed by atoms with Crippen molar-refractivity contribution >= 4 is 81.3 Å². The standard InChI is InChI=1S/C52H33NOS/c1-2-12-34(13-3-1)35-24-26-39(27-25-35)53(40-28-29-46-45-17-6-8-22-49(45)54-50(46)33-40)41-31-37(43-19-10-15-36-14-4-5-16-42(36)43)30-38(32-41)44-20-11-21-48-47-18-7-9-23-51(47)55-52(44)48/h1-33H. The van der Waals surface area contributed by atoms with Crippen molar-refractivity contribution in [2.24, 2.45) is 0 Å². The molecule has 2 aromatic heterocycles. The maximum atomic E-state index is 6.48. The number of rotatable bonds is 6. The Bertz CT molecular complexity index is 3200. The largest absolute Gasteiger partial charge is 0.456 e. The van der Waals surface area contributed by atoms with Gasteiger partial charge in [0.1, 0.15) is 11.2 Å². The Hall–Kier alpha value is -6.94. The van der Waals surface area contributed by atoms with Crippen LogP contribution in [0.3, 0.4) is 0 Å². The molecule has 0 bridgehead atoms. The van der Waals surface area contributed by atoms with Gasteiger partial charge in [0.2, 0.25) is 0 Å². The van der Waals surface area contributed by atoms with Crippen LogP contribution in [0.15, 0.2) is 205 Å². The molecule has 3 heteroatoms. The van der Waals surface area contributed by atoms with E-state index in [-0.39, 0.29) is 0 Å². The third kappa shape index (κ3) is 5.40. The first kappa shape index (κ1) is 31.6. The van der Waals surface area contributed by atoms with E-state index < -0.39 is 0 Å². The lowest BCUT2D eigenvalue weighted by molar-refractivity contribution is 0.669. The van der Waals surface area contributed by atoms with Crippen LogP contribution in [0, 0.1) is 0 Å². The molecule has 11 aromatic rings. The van der Waals surface area contributed by atoms with E-state index in [9.17, 15) is 0 Å². The third-order valence-corrected chi connectivity index (χ3v) is 12.1. The van der Waals surface area contributed by atoms with Crippen molar-refractivity contribution < 1.29 is 4.42 Å². The van der Waals surface area contributed by atoms with Crippen molar-refractivity contribution in [2.75, 3.05) is 4.90 Å². The van der Waals surface area contributed by atoms with Gasteiger partial charge in [-0.05, 0) is 98.8 Å². The molecule has 0 aliphatic carbocycles. The van der Waals surface area contributed by atoms with Gasteiger partial charge in [0.25, 0.3) is 0 Å². The second kappa shape index (κ2) is 12.9. The van der Waals surface area contributed by atoms with Crippen LogP contribution in [0.4, 0.5) is 17.1 Å². The summed E-state index contributed by atoms with van der Waals surface area (Å²) in [4.78, 5) is 2.38. The Morgan fingerprint density at radius 2 is 0.964 bits per heavy atom. The first-order chi connectivity index (χ1) is 27.2. The highest BCUT2D eigenvalue weighted by Crippen LogP contribution is 2.46. The summed E-state index contributed by atoms with van der Waals surface area (Å²) in [6.45, 7) is 0. The second-order valence-electron chi connectivity index (χ2n) is 14.1. The van der Waals surface area contributed by atoms with Crippen molar-refractivity contribution in [3.63, 3.8) is 0 Å². The van der Waals surface area contributed by atoms with Crippen molar-refractivity contribution in [3.8, 4) is 33.4 Å². The Labute approximate surface area is 322 Å². The molecule has 0 radical (unpaired) electrons. The summed E-state index contributed by atoms with van der Waals surface area (Å²) in [6, 6.07) is 72.3. The number of hydrogen-bond acceptors (Lipinski definition) is 3. The lowest BCUT2D eigenvalue weighted by Gasteiger charge is -2.27. The van der Waals surface area contributed by atoms with E-state index >= 15 is 0 Å². The van der Waals surface area contributed by atoms with Crippen molar-refractivity contribution in [3.05, 3.63) is 200 Å². The van der Waals surface area contributed by atoms with Crippen LogP contribution in [0.5, 0.6) is 0 Å². The molecule has 0 aliphatic rings. The summed E-state index contributed by atoms with van der Waals surface area (Å²) >= 11 is 1.87. The Balaban J connectivity index is 1.18. The maximum Gasteiger partial charge on any atom is 0.137 e. The van der Waals surface area contributed by atoms with Gasteiger partial charge >= 0.3 is 0 Å². The van der Waals surface area contributed by atoms with E-state index in [0.29, 0.717) is 0 Å². The summed E-state index contributed by atoms with van der Waals surface area (Å²) in [5.74, 6) is 0. The third-order valence-electron chi connectivity index (χ3n) is 10.8. The molecule has 0 unspecified atom stereocenters. The Morgan fingerprint density at radius 3 is 1.84 bits per heavy atom. The van der Waals surface area contributed by atoms with Crippen LogP contribution >= 0.6 is 11.3 Å². The van der Waals surface area contributed by atoms with Gasteiger partial charge in [-0.3, -0.25) is 0 Å². The monoisotopic (exact) mass is 719 g/mol. The first-order valence-corrected chi connectivity index (χ1v) is 19.5. The normalized spacial score (nSPS) is 11.6. The molecule has 0 amide bonds. The summed E-state index contributed by atoms with van der Waals surface area (Å²) < 4.78 is 9.08. The van der Waals surface area contributed by atoms with Crippen LogP contribution < -0.4 is 4.90 Å². The molecule has 9 aromatic carbocycles. The quantitative estimate of drug-likeness (QED) is 0.170. The van der Waals surface area contributed by atoms with Gasteiger partial charge in [0, 0.05) is 54.1 Å². The summed E-state index contributed by atoms with van der Waals surface area (Å²) in [6.07, 6.45) is 0. The van der Waals surface area contributed by atoms with Gasteiger partial charge in [-0.1, -0.05) is 140 Å². The fraction of sp³-hybridized carbons (Fsp3) is 0. The predicted octanol–water partition coefficient (Wildman–Crippen LogP) is 15.6. The molecular formula is C52H33NOS. The zero-order chi connectivity index (χ0) is 36.3. The average molecular weight is 720 g/mol. The minimum atomic E-state index is 0.866. The van der Waals surface area contributed by atoms with E-state index in [0.717, 1.165) is 44.6 Å². The molecule has 11 rings (SSSR count). The Morgan fingerprint density at radius 1 is 0.345 bits per heavy atom. The van der Waals surface area contributed by atoms with Crippen LogP contribution in [0.1, 0.15) is 0 Å². The molecule has 258 valence electrons. The summed E-state index contributed by atoms with van der Waals surface area (Å²) in [7, 11) is 0. The lowest BCUT2D eigenvalue weighted by Crippen LogP contribution is -2.10. The first-order valence-electron chi connectivity index (χ1n) is 18.7. The highest BCUT2D eigenvalue weighted by molar-refractivity contribution is 7.26. The van der Waals surface area contributed by atoms with E-state index in [1.807, 2.05) is 23.5 Å². The number of nitrogens with zero attached hydrogens (tertiary/aromatic N) is 1.